The summed E-state index contributed by atoms with van der Waals surface area (Å²) in [7, 11) is 1.31. The van der Waals surface area contributed by atoms with Crippen LogP contribution in [0.15, 0.2) is 18.2 Å². The average Bonchev–Trinajstić information content (AvgIpc) is 2.17. The summed E-state index contributed by atoms with van der Waals surface area (Å²) in [6.45, 7) is -0.743. The zero-order chi connectivity index (χ0) is 10.6. The SMILES string of the molecule is CONC(=O)c1ccc(Cl)cc1CF. The summed E-state index contributed by atoms with van der Waals surface area (Å²) >= 11 is 5.65. The molecule has 0 fully saturated rings. The van der Waals surface area contributed by atoms with Crippen molar-refractivity contribution in [3.8, 4) is 0 Å². The molecule has 0 aliphatic heterocycles. The second-order valence-corrected chi connectivity index (χ2v) is 3.01. The minimum atomic E-state index is -0.743. The molecule has 0 unspecified atom stereocenters. The molecule has 1 rings (SSSR count). The molecule has 0 atom stereocenters. The summed E-state index contributed by atoms with van der Waals surface area (Å²) in [6, 6.07) is 4.38. The van der Waals surface area contributed by atoms with E-state index >= 15 is 0 Å². The highest BCUT2D eigenvalue weighted by atomic mass is 35.5. The first-order chi connectivity index (χ1) is 6.69. The predicted molar refractivity (Wildman–Crippen MR) is 50.7 cm³/mol. The summed E-state index contributed by atoms with van der Waals surface area (Å²) in [5.41, 5.74) is 2.57. The van der Waals surface area contributed by atoms with Gasteiger partial charge in [0.2, 0.25) is 0 Å². The van der Waals surface area contributed by atoms with E-state index in [-0.39, 0.29) is 11.1 Å². The van der Waals surface area contributed by atoms with Gasteiger partial charge in [0.05, 0.1) is 7.11 Å². The van der Waals surface area contributed by atoms with E-state index in [1.165, 1.54) is 25.3 Å². The van der Waals surface area contributed by atoms with Crippen LogP contribution in [0.5, 0.6) is 0 Å². The zero-order valence-electron chi connectivity index (χ0n) is 7.51. The normalized spacial score (nSPS) is 9.93. The highest BCUT2D eigenvalue weighted by Crippen LogP contribution is 2.17. The molecule has 5 heteroatoms. The molecule has 0 heterocycles. The Morgan fingerprint density at radius 1 is 1.64 bits per heavy atom. The second kappa shape index (κ2) is 4.93. The van der Waals surface area contributed by atoms with E-state index < -0.39 is 12.6 Å². The van der Waals surface area contributed by atoms with Gasteiger partial charge >= 0.3 is 0 Å². The van der Waals surface area contributed by atoms with Gasteiger partial charge in [0, 0.05) is 10.6 Å². The Morgan fingerprint density at radius 3 is 2.93 bits per heavy atom. The maximum Gasteiger partial charge on any atom is 0.275 e. The van der Waals surface area contributed by atoms with Crippen molar-refractivity contribution in [3.05, 3.63) is 34.3 Å². The van der Waals surface area contributed by atoms with Crippen LogP contribution in [-0.4, -0.2) is 13.0 Å². The highest BCUT2D eigenvalue weighted by molar-refractivity contribution is 6.30. The number of amides is 1. The molecule has 0 aliphatic rings. The molecule has 1 aromatic carbocycles. The Kier molecular flexibility index (Phi) is 3.85. The van der Waals surface area contributed by atoms with Crippen LogP contribution in [0.1, 0.15) is 15.9 Å². The molecule has 0 spiro atoms. The van der Waals surface area contributed by atoms with Gasteiger partial charge in [-0.15, -0.1) is 0 Å². The maximum absolute atomic E-state index is 12.5. The fraction of sp³-hybridized carbons (Fsp3) is 0.222. The molecule has 0 aromatic heterocycles. The predicted octanol–water partition coefficient (Wildman–Crippen LogP) is 2.10. The molecule has 0 aliphatic carbocycles. The molecule has 3 nitrogen and oxygen atoms in total. The smallest absolute Gasteiger partial charge is 0.275 e. The van der Waals surface area contributed by atoms with Gasteiger partial charge in [0.1, 0.15) is 6.67 Å². The number of rotatable bonds is 3. The van der Waals surface area contributed by atoms with Crippen molar-refractivity contribution < 1.29 is 14.0 Å². The summed E-state index contributed by atoms with van der Waals surface area (Å²) in [5.74, 6) is -0.489. The third-order valence-corrected chi connectivity index (χ3v) is 1.89. The number of hydroxylamine groups is 1. The largest absolute Gasteiger partial charge is 0.277 e. The van der Waals surface area contributed by atoms with Gasteiger partial charge in [0.15, 0.2) is 0 Å². The highest BCUT2D eigenvalue weighted by Gasteiger charge is 2.10. The number of nitrogens with one attached hydrogen (secondary N) is 1. The van der Waals surface area contributed by atoms with Crippen molar-refractivity contribution in [1.82, 2.24) is 5.48 Å². The standard InChI is InChI=1S/C9H9ClFNO2/c1-14-12-9(13)8-3-2-7(10)4-6(8)5-11/h2-4H,5H2,1H3,(H,12,13). The third-order valence-electron chi connectivity index (χ3n) is 1.65. The summed E-state index contributed by atoms with van der Waals surface area (Å²) in [4.78, 5) is 15.7. The van der Waals surface area contributed by atoms with Crippen LogP contribution in [-0.2, 0) is 11.5 Å². The maximum atomic E-state index is 12.5. The van der Waals surface area contributed by atoms with Crippen LogP contribution in [0.25, 0.3) is 0 Å². The molecular formula is C9H9ClFNO2. The lowest BCUT2D eigenvalue weighted by Crippen LogP contribution is -2.22. The lowest BCUT2D eigenvalue weighted by atomic mass is 10.1. The van der Waals surface area contributed by atoms with Crippen molar-refractivity contribution in [3.63, 3.8) is 0 Å². The van der Waals surface area contributed by atoms with Crippen molar-refractivity contribution in [1.29, 1.82) is 0 Å². The van der Waals surface area contributed by atoms with E-state index in [1.54, 1.807) is 0 Å². The van der Waals surface area contributed by atoms with E-state index in [0.29, 0.717) is 5.02 Å². The first kappa shape index (κ1) is 10.9. The van der Waals surface area contributed by atoms with Crippen molar-refractivity contribution in [2.45, 2.75) is 6.67 Å². The van der Waals surface area contributed by atoms with E-state index in [4.69, 9.17) is 11.6 Å². The number of carbonyl (C=O) groups excluding carboxylic acids is 1. The van der Waals surface area contributed by atoms with E-state index in [1.807, 2.05) is 0 Å². The Morgan fingerprint density at radius 2 is 2.36 bits per heavy atom. The van der Waals surface area contributed by atoms with Gasteiger partial charge in [-0.1, -0.05) is 11.6 Å². The summed E-state index contributed by atoms with van der Waals surface area (Å²) in [6.07, 6.45) is 0. The van der Waals surface area contributed by atoms with Crippen LogP contribution >= 0.6 is 11.6 Å². The van der Waals surface area contributed by atoms with Crippen LogP contribution in [0.3, 0.4) is 0 Å². The molecule has 0 bridgehead atoms. The Labute approximate surface area is 85.8 Å². The minimum Gasteiger partial charge on any atom is -0.277 e. The third kappa shape index (κ3) is 2.43. The monoisotopic (exact) mass is 217 g/mol. The van der Waals surface area contributed by atoms with E-state index in [0.717, 1.165) is 0 Å². The Hall–Kier alpha value is -1.13. The number of halogens is 2. The lowest BCUT2D eigenvalue weighted by Gasteiger charge is -2.06. The Balaban J connectivity index is 3.01. The van der Waals surface area contributed by atoms with Gasteiger partial charge in [-0.25, -0.2) is 9.87 Å². The van der Waals surface area contributed by atoms with Crippen molar-refractivity contribution in [2.75, 3.05) is 7.11 Å². The minimum absolute atomic E-state index is 0.221. The van der Waals surface area contributed by atoms with Crippen LogP contribution in [0, 0.1) is 0 Å². The van der Waals surface area contributed by atoms with Crippen molar-refractivity contribution >= 4 is 17.5 Å². The molecule has 1 aromatic rings. The molecule has 14 heavy (non-hydrogen) atoms. The van der Waals surface area contributed by atoms with Crippen molar-refractivity contribution in [2.24, 2.45) is 0 Å². The molecule has 76 valence electrons. The van der Waals surface area contributed by atoms with Gasteiger partial charge in [-0.3, -0.25) is 9.63 Å². The summed E-state index contributed by atoms with van der Waals surface area (Å²) in [5, 5.41) is 0.395. The molecule has 0 saturated heterocycles. The first-order valence-electron chi connectivity index (χ1n) is 3.86. The number of benzene rings is 1. The van der Waals surface area contributed by atoms with Gasteiger partial charge < -0.3 is 0 Å². The molecule has 0 saturated carbocycles. The number of hydrogen-bond acceptors (Lipinski definition) is 2. The molecule has 1 amide bonds. The van der Waals surface area contributed by atoms with Crippen LogP contribution < -0.4 is 5.48 Å². The zero-order valence-corrected chi connectivity index (χ0v) is 8.27. The van der Waals surface area contributed by atoms with Gasteiger partial charge in [0.25, 0.3) is 5.91 Å². The molecule has 0 radical (unpaired) electrons. The average molecular weight is 218 g/mol. The van der Waals surface area contributed by atoms with Gasteiger partial charge in [-0.2, -0.15) is 0 Å². The first-order valence-corrected chi connectivity index (χ1v) is 4.24. The second-order valence-electron chi connectivity index (χ2n) is 2.57. The van der Waals surface area contributed by atoms with E-state index in [2.05, 4.69) is 10.3 Å². The number of carbonyl (C=O) groups is 1. The van der Waals surface area contributed by atoms with Crippen LogP contribution in [0.2, 0.25) is 5.02 Å². The fourth-order valence-corrected chi connectivity index (χ4v) is 1.24. The number of hydrogen-bond donors (Lipinski definition) is 1. The summed E-state index contributed by atoms with van der Waals surface area (Å²) < 4.78 is 12.5. The fourth-order valence-electron chi connectivity index (χ4n) is 1.04. The molecule has 1 N–H and O–H groups in total. The quantitative estimate of drug-likeness (QED) is 0.788. The van der Waals surface area contributed by atoms with E-state index in [9.17, 15) is 9.18 Å². The Bertz CT molecular complexity index is 344. The number of alkyl halides is 1. The topological polar surface area (TPSA) is 38.3 Å². The van der Waals surface area contributed by atoms with Crippen LogP contribution in [0.4, 0.5) is 4.39 Å². The van der Waals surface area contributed by atoms with Gasteiger partial charge in [-0.05, 0) is 23.8 Å². The molecular weight excluding hydrogens is 209 g/mol. The lowest BCUT2D eigenvalue weighted by molar-refractivity contribution is 0.0536.